The van der Waals surface area contributed by atoms with Crippen LogP contribution in [0.5, 0.6) is 0 Å². The number of hydrogen-bond acceptors (Lipinski definition) is 3. The van der Waals surface area contributed by atoms with Crippen molar-refractivity contribution in [2.75, 3.05) is 7.05 Å². The lowest BCUT2D eigenvalue weighted by molar-refractivity contribution is 0.257. The summed E-state index contributed by atoms with van der Waals surface area (Å²) < 4.78 is 26.2. The summed E-state index contributed by atoms with van der Waals surface area (Å²) >= 11 is 0. The second kappa shape index (κ2) is 6.03. The number of nitrogens with zero attached hydrogens (tertiary/aromatic N) is 1. The third-order valence-electron chi connectivity index (χ3n) is 3.66. The number of aliphatic hydroxyl groups excluding tert-OH is 1. The van der Waals surface area contributed by atoms with Gasteiger partial charge in [0, 0.05) is 12.6 Å². The van der Waals surface area contributed by atoms with Crippen molar-refractivity contribution in [3.8, 4) is 0 Å². The van der Waals surface area contributed by atoms with E-state index >= 15 is 0 Å². The summed E-state index contributed by atoms with van der Waals surface area (Å²) in [7, 11) is -1.74. The third kappa shape index (κ3) is 4.03. The Morgan fingerprint density at radius 2 is 1.84 bits per heavy atom. The Bertz CT molecular complexity index is 523. The van der Waals surface area contributed by atoms with E-state index in [0.29, 0.717) is 5.56 Å². The zero-order valence-corrected chi connectivity index (χ0v) is 12.9. The number of hydrogen-bond donors (Lipinski definition) is 1. The summed E-state index contributed by atoms with van der Waals surface area (Å²) in [6, 6.07) is 7.03. The van der Waals surface area contributed by atoms with Crippen LogP contribution in [0.3, 0.4) is 0 Å². The van der Waals surface area contributed by atoms with Crippen molar-refractivity contribution in [1.29, 1.82) is 0 Å². The average molecular weight is 285 g/mol. The van der Waals surface area contributed by atoms with Gasteiger partial charge in [-0.25, -0.2) is 8.42 Å². The topological polar surface area (TPSA) is 57.6 Å². The van der Waals surface area contributed by atoms with E-state index < -0.39 is 15.6 Å². The number of aliphatic hydroxyl groups is 1. The van der Waals surface area contributed by atoms with Crippen LogP contribution in [-0.2, 0) is 22.4 Å². The Hall–Kier alpha value is -0.910. The molecule has 4 nitrogen and oxygen atoms in total. The molecule has 5 heteroatoms. The van der Waals surface area contributed by atoms with Crippen molar-refractivity contribution < 1.29 is 13.5 Å². The van der Waals surface area contributed by atoms with Crippen LogP contribution >= 0.6 is 0 Å². The first-order chi connectivity index (χ1) is 8.73. The lowest BCUT2D eigenvalue weighted by atomic mass is 10.0. The molecule has 1 aromatic rings. The van der Waals surface area contributed by atoms with Gasteiger partial charge in [-0.15, -0.1) is 0 Å². The van der Waals surface area contributed by atoms with E-state index in [4.69, 9.17) is 5.11 Å². The van der Waals surface area contributed by atoms with Crippen LogP contribution in [0.15, 0.2) is 24.3 Å². The Balaban J connectivity index is 2.96. The first kappa shape index (κ1) is 16.1. The van der Waals surface area contributed by atoms with Crippen molar-refractivity contribution in [3.63, 3.8) is 0 Å². The van der Waals surface area contributed by atoms with Crippen molar-refractivity contribution in [3.05, 3.63) is 35.4 Å². The van der Waals surface area contributed by atoms with Gasteiger partial charge in [0.05, 0.1) is 12.4 Å². The molecule has 0 aromatic heterocycles. The molecule has 19 heavy (non-hydrogen) atoms. The number of rotatable bonds is 6. The molecule has 0 spiro atoms. The summed E-state index contributed by atoms with van der Waals surface area (Å²) in [5.74, 6) is -0.0409. The van der Waals surface area contributed by atoms with Crippen LogP contribution in [0.4, 0.5) is 0 Å². The molecule has 1 aromatic carbocycles. The molecule has 0 heterocycles. The molecule has 0 bridgehead atoms. The fourth-order valence-electron chi connectivity index (χ4n) is 1.72. The van der Waals surface area contributed by atoms with Crippen LogP contribution < -0.4 is 0 Å². The minimum atomic E-state index is -3.36. The van der Waals surface area contributed by atoms with Crippen LogP contribution in [0.25, 0.3) is 0 Å². The second-order valence-electron chi connectivity index (χ2n) is 5.37. The average Bonchev–Trinajstić information content (AvgIpc) is 2.37. The minimum absolute atomic E-state index is 0.0409. The van der Waals surface area contributed by atoms with Crippen molar-refractivity contribution in [2.24, 2.45) is 0 Å². The highest BCUT2D eigenvalue weighted by atomic mass is 32.2. The van der Waals surface area contributed by atoms with E-state index in [2.05, 4.69) is 0 Å². The summed E-state index contributed by atoms with van der Waals surface area (Å²) in [6.07, 6.45) is 0.749. The quantitative estimate of drug-likeness (QED) is 0.871. The van der Waals surface area contributed by atoms with Gasteiger partial charge in [-0.2, -0.15) is 4.31 Å². The van der Waals surface area contributed by atoms with Gasteiger partial charge < -0.3 is 5.11 Å². The molecular weight excluding hydrogens is 262 g/mol. The maximum absolute atomic E-state index is 12.4. The van der Waals surface area contributed by atoms with Gasteiger partial charge in [-0.1, -0.05) is 31.2 Å². The van der Waals surface area contributed by atoms with Gasteiger partial charge >= 0.3 is 0 Å². The van der Waals surface area contributed by atoms with Gasteiger partial charge in [0.15, 0.2) is 0 Å². The first-order valence-electron chi connectivity index (χ1n) is 6.38. The first-order valence-corrected chi connectivity index (χ1v) is 7.99. The zero-order chi connectivity index (χ0) is 14.7. The Kier molecular flexibility index (Phi) is 5.12. The normalized spacial score (nSPS) is 12.9. The second-order valence-corrected chi connectivity index (χ2v) is 7.37. The predicted octanol–water partition coefficient (Wildman–Crippen LogP) is 2.13. The SMILES string of the molecule is CCC(C)(C)N(C)S(=O)(=O)Cc1cccc(CO)c1. The standard InChI is InChI=1S/C14H23NO3S/c1-5-14(2,3)15(4)19(17,18)11-13-8-6-7-12(9-13)10-16/h6-9,16H,5,10-11H2,1-4H3. The lowest BCUT2D eigenvalue weighted by Gasteiger charge is -2.33. The third-order valence-corrected chi connectivity index (χ3v) is 5.68. The largest absolute Gasteiger partial charge is 0.392 e. The number of sulfonamides is 1. The lowest BCUT2D eigenvalue weighted by Crippen LogP contribution is -2.44. The molecule has 0 aliphatic carbocycles. The predicted molar refractivity (Wildman–Crippen MR) is 77.1 cm³/mol. The van der Waals surface area contributed by atoms with E-state index in [1.165, 1.54) is 4.31 Å². The van der Waals surface area contributed by atoms with Crippen molar-refractivity contribution in [1.82, 2.24) is 4.31 Å². The van der Waals surface area contributed by atoms with E-state index in [-0.39, 0.29) is 12.4 Å². The molecule has 0 amide bonds. The molecule has 1 rings (SSSR count). The Labute approximate surface area is 116 Å². The van der Waals surface area contributed by atoms with Gasteiger partial charge in [-0.3, -0.25) is 0 Å². The molecule has 0 aliphatic heterocycles. The van der Waals surface area contributed by atoms with Crippen LogP contribution in [0.1, 0.15) is 38.3 Å². The number of benzene rings is 1. The molecule has 0 fully saturated rings. The summed E-state index contributed by atoms with van der Waals surface area (Å²) in [5, 5.41) is 9.08. The smallest absolute Gasteiger partial charge is 0.218 e. The van der Waals surface area contributed by atoms with Gasteiger partial charge in [0.2, 0.25) is 10.0 Å². The summed E-state index contributed by atoms with van der Waals surface area (Å²) in [4.78, 5) is 0. The van der Waals surface area contributed by atoms with E-state index in [1.54, 1.807) is 31.3 Å². The molecular formula is C14H23NO3S. The van der Waals surface area contributed by atoms with Crippen LogP contribution in [0.2, 0.25) is 0 Å². The highest BCUT2D eigenvalue weighted by Gasteiger charge is 2.31. The van der Waals surface area contributed by atoms with E-state index in [9.17, 15) is 8.42 Å². The van der Waals surface area contributed by atoms with Gasteiger partial charge in [0.25, 0.3) is 0 Å². The monoisotopic (exact) mass is 285 g/mol. The fourth-order valence-corrected chi connectivity index (χ4v) is 3.40. The highest BCUT2D eigenvalue weighted by Crippen LogP contribution is 2.22. The van der Waals surface area contributed by atoms with Crippen molar-refractivity contribution in [2.45, 2.75) is 45.1 Å². The molecule has 1 N–H and O–H groups in total. The molecule has 0 saturated heterocycles. The molecule has 0 atom stereocenters. The molecule has 0 radical (unpaired) electrons. The van der Waals surface area contributed by atoms with Crippen LogP contribution in [0, 0.1) is 0 Å². The Morgan fingerprint density at radius 3 is 2.37 bits per heavy atom. The molecule has 108 valence electrons. The summed E-state index contributed by atoms with van der Waals surface area (Å²) in [6.45, 7) is 5.71. The van der Waals surface area contributed by atoms with Gasteiger partial charge in [-0.05, 0) is 31.4 Å². The van der Waals surface area contributed by atoms with E-state index in [0.717, 1.165) is 12.0 Å². The molecule has 0 unspecified atom stereocenters. The highest BCUT2D eigenvalue weighted by molar-refractivity contribution is 7.88. The fraction of sp³-hybridized carbons (Fsp3) is 0.571. The zero-order valence-electron chi connectivity index (χ0n) is 12.0. The Morgan fingerprint density at radius 1 is 1.26 bits per heavy atom. The maximum Gasteiger partial charge on any atom is 0.218 e. The van der Waals surface area contributed by atoms with Crippen LogP contribution in [-0.4, -0.2) is 30.4 Å². The maximum atomic E-state index is 12.4. The van der Waals surface area contributed by atoms with E-state index in [1.807, 2.05) is 20.8 Å². The summed E-state index contributed by atoms with van der Waals surface area (Å²) in [5.41, 5.74) is 1.03. The minimum Gasteiger partial charge on any atom is -0.392 e. The van der Waals surface area contributed by atoms with Gasteiger partial charge in [0.1, 0.15) is 0 Å². The molecule has 0 aliphatic rings. The van der Waals surface area contributed by atoms with Crippen molar-refractivity contribution >= 4 is 10.0 Å². The molecule has 0 saturated carbocycles.